The summed E-state index contributed by atoms with van der Waals surface area (Å²) in [6.45, 7) is -0.125. The van der Waals surface area contributed by atoms with Gasteiger partial charge in [0.15, 0.2) is 0 Å². The van der Waals surface area contributed by atoms with Crippen LogP contribution in [0.15, 0.2) is 18.3 Å². The number of aromatic nitrogens is 1. The van der Waals surface area contributed by atoms with Crippen LogP contribution in [0.1, 0.15) is 17.3 Å². The van der Waals surface area contributed by atoms with Crippen molar-refractivity contribution in [2.24, 2.45) is 5.73 Å². The van der Waals surface area contributed by atoms with Crippen LogP contribution in [-0.2, 0) is 0 Å². The SMILES string of the molecule is C#Cc1ncccc1C(N)CO. The number of hydrogen-bond donors (Lipinski definition) is 2. The van der Waals surface area contributed by atoms with E-state index in [2.05, 4.69) is 10.9 Å². The third-order valence-electron chi connectivity index (χ3n) is 1.57. The maximum Gasteiger partial charge on any atom is 0.117 e. The molecule has 3 nitrogen and oxygen atoms in total. The van der Waals surface area contributed by atoms with E-state index < -0.39 is 6.04 Å². The highest BCUT2D eigenvalue weighted by Gasteiger charge is 2.08. The Balaban J connectivity index is 3.07. The van der Waals surface area contributed by atoms with Gasteiger partial charge in [-0.3, -0.25) is 0 Å². The van der Waals surface area contributed by atoms with E-state index >= 15 is 0 Å². The van der Waals surface area contributed by atoms with Gasteiger partial charge in [0.2, 0.25) is 0 Å². The van der Waals surface area contributed by atoms with Gasteiger partial charge in [-0.25, -0.2) is 4.98 Å². The second-order valence-corrected chi connectivity index (χ2v) is 2.37. The Morgan fingerprint density at radius 3 is 3.08 bits per heavy atom. The van der Waals surface area contributed by atoms with Gasteiger partial charge < -0.3 is 10.8 Å². The topological polar surface area (TPSA) is 59.1 Å². The van der Waals surface area contributed by atoms with Crippen LogP contribution < -0.4 is 5.73 Å². The van der Waals surface area contributed by atoms with Gasteiger partial charge in [-0.1, -0.05) is 6.07 Å². The van der Waals surface area contributed by atoms with E-state index in [1.165, 1.54) is 0 Å². The van der Waals surface area contributed by atoms with Crippen LogP contribution in [-0.4, -0.2) is 16.7 Å². The predicted molar refractivity (Wildman–Crippen MR) is 46.2 cm³/mol. The molecule has 0 saturated heterocycles. The number of nitrogens with zero attached hydrogens (tertiary/aromatic N) is 1. The zero-order chi connectivity index (χ0) is 8.97. The summed E-state index contributed by atoms with van der Waals surface area (Å²) in [6, 6.07) is 3.07. The molecule has 1 heterocycles. The molecule has 1 unspecified atom stereocenters. The first-order chi connectivity index (χ1) is 5.79. The Morgan fingerprint density at radius 2 is 2.50 bits per heavy atom. The average Bonchev–Trinajstić information content (AvgIpc) is 2.16. The molecule has 0 fully saturated rings. The molecule has 0 saturated carbocycles. The van der Waals surface area contributed by atoms with Gasteiger partial charge in [-0.05, 0) is 12.0 Å². The number of nitrogens with two attached hydrogens (primary N) is 1. The number of aliphatic hydroxyl groups excluding tert-OH is 1. The van der Waals surface area contributed by atoms with Crippen LogP contribution in [0.2, 0.25) is 0 Å². The van der Waals surface area contributed by atoms with Gasteiger partial charge in [0.1, 0.15) is 5.69 Å². The fourth-order valence-electron chi connectivity index (χ4n) is 0.936. The minimum Gasteiger partial charge on any atom is -0.394 e. The van der Waals surface area contributed by atoms with Crippen molar-refractivity contribution in [2.75, 3.05) is 6.61 Å². The molecule has 12 heavy (non-hydrogen) atoms. The summed E-state index contributed by atoms with van der Waals surface area (Å²) in [6.07, 6.45) is 6.79. The summed E-state index contributed by atoms with van der Waals surface area (Å²) >= 11 is 0. The Labute approximate surface area is 71.2 Å². The lowest BCUT2D eigenvalue weighted by Gasteiger charge is -2.08. The van der Waals surface area contributed by atoms with Gasteiger partial charge >= 0.3 is 0 Å². The number of rotatable bonds is 2. The van der Waals surface area contributed by atoms with E-state index in [1.54, 1.807) is 18.3 Å². The minimum atomic E-state index is -0.440. The summed E-state index contributed by atoms with van der Waals surface area (Å²) in [7, 11) is 0. The van der Waals surface area contributed by atoms with Crippen molar-refractivity contribution in [3.63, 3.8) is 0 Å². The predicted octanol–water partition coefficient (Wildman–Crippen LogP) is 0.0550. The number of terminal acetylenes is 1. The molecule has 1 aromatic heterocycles. The molecule has 0 bridgehead atoms. The molecule has 1 atom stereocenters. The molecule has 62 valence electrons. The Morgan fingerprint density at radius 1 is 1.75 bits per heavy atom. The lowest BCUT2D eigenvalue weighted by molar-refractivity contribution is 0.267. The van der Waals surface area contributed by atoms with E-state index in [1.807, 2.05) is 0 Å². The third kappa shape index (κ3) is 1.62. The fourth-order valence-corrected chi connectivity index (χ4v) is 0.936. The Kier molecular flexibility index (Phi) is 2.81. The summed E-state index contributed by atoms with van der Waals surface area (Å²) in [4.78, 5) is 3.94. The highest BCUT2D eigenvalue weighted by atomic mass is 16.3. The lowest BCUT2D eigenvalue weighted by Crippen LogP contribution is -2.16. The van der Waals surface area contributed by atoms with Gasteiger partial charge in [0.05, 0.1) is 12.6 Å². The Hall–Kier alpha value is -1.37. The molecule has 1 aromatic rings. The van der Waals surface area contributed by atoms with Crippen molar-refractivity contribution < 1.29 is 5.11 Å². The molecular formula is C9H10N2O. The van der Waals surface area contributed by atoms with Crippen LogP contribution in [0.5, 0.6) is 0 Å². The summed E-state index contributed by atoms with van der Waals surface area (Å²) in [5.74, 6) is 2.41. The van der Waals surface area contributed by atoms with E-state index in [0.29, 0.717) is 11.3 Å². The zero-order valence-electron chi connectivity index (χ0n) is 6.57. The van der Waals surface area contributed by atoms with Gasteiger partial charge in [0.25, 0.3) is 0 Å². The lowest BCUT2D eigenvalue weighted by atomic mass is 10.1. The second-order valence-electron chi connectivity index (χ2n) is 2.37. The van der Waals surface area contributed by atoms with Crippen LogP contribution in [0.3, 0.4) is 0 Å². The van der Waals surface area contributed by atoms with Crippen molar-refractivity contribution >= 4 is 0 Å². The maximum absolute atomic E-state index is 8.79. The molecule has 0 amide bonds. The molecule has 0 aliphatic carbocycles. The van der Waals surface area contributed by atoms with Crippen molar-refractivity contribution in [3.05, 3.63) is 29.6 Å². The van der Waals surface area contributed by atoms with Crippen molar-refractivity contribution in [3.8, 4) is 12.3 Å². The molecule has 0 aromatic carbocycles. The van der Waals surface area contributed by atoms with Gasteiger partial charge in [-0.15, -0.1) is 6.42 Å². The summed E-state index contributed by atoms with van der Waals surface area (Å²) in [5, 5.41) is 8.79. The average molecular weight is 162 g/mol. The first kappa shape index (κ1) is 8.72. The first-order valence-electron chi connectivity index (χ1n) is 3.57. The summed E-state index contributed by atoms with van der Waals surface area (Å²) in [5.41, 5.74) is 6.79. The number of pyridine rings is 1. The third-order valence-corrected chi connectivity index (χ3v) is 1.57. The number of aliphatic hydroxyl groups is 1. The normalized spacial score (nSPS) is 12.1. The van der Waals surface area contributed by atoms with Crippen molar-refractivity contribution in [1.29, 1.82) is 0 Å². The largest absolute Gasteiger partial charge is 0.394 e. The first-order valence-corrected chi connectivity index (χ1v) is 3.57. The van der Waals surface area contributed by atoms with Crippen LogP contribution >= 0.6 is 0 Å². The summed E-state index contributed by atoms with van der Waals surface area (Å²) < 4.78 is 0. The molecule has 0 aliphatic heterocycles. The smallest absolute Gasteiger partial charge is 0.117 e. The standard InChI is InChI=1S/C9H10N2O/c1-2-9-7(8(10)6-12)4-3-5-11-9/h1,3-5,8,12H,6,10H2. The van der Waals surface area contributed by atoms with Crippen LogP contribution in [0, 0.1) is 12.3 Å². The molecular weight excluding hydrogens is 152 g/mol. The zero-order valence-corrected chi connectivity index (χ0v) is 6.57. The van der Waals surface area contributed by atoms with E-state index in [0.717, 1.165) is 0 Å². The molecule has 3 heteroatoms. The minimum absolute atomic E-state index is 0.125. The highest BCUT2D eigenvalue weighted by Crippen LogP contribution is 2.11. The van der Waals surface area contributed by atoms with Gasteiger partial charge in [0, 0.05) is 11.8 Å². The van der Waals surface area contributed by atoms with E-state index in [9.17, 15) is 0 Å². The fraction of sp³-hybridized carbons (Fsp3) is 0.222. The van der Waals surface area contributed by atoms with E-state index in [4.69, 9.17) is 17.3 Å². The van der Waals surface area contributed by atoms with E-state index in [-0.39, 0.29) is 6.61 Å². The number of hydrogen-bond acceptors (Lipinski definition) is 3. The quantitative estimate of drug-likeness (QED) is 0.604. The van der Waals surface area contributed by atoms with Crippen molar-refractivity contribution in [1.82, 2.24) is 4.98 Å². The van der Waals surface area contributed by atoms with Gasteiger partial charge in [-0.2, -0.15) is 0 Å². The van der Waals surface area contributed by atoms with Crippen LogP contribution in [0.25, 0.3) is 0 Å². The second kappa shape index (κ2) is 3.86. The Bertz CT molecular complexity index is 304. The molecule has 0 radical (unpaired) electrons. The molecule has 0 aliphatic rings. The molecule has 3 N–H and O–H groups in total. The highest BCUT2D eigenvalue weighted by molar-refractivity contribution is 5.35. The maximum atomic E-state index is 8.79. The van der Waals surface area contributed by atoms with Crippen LogP contribution in [0.4, 0.5) is 0 Å². The molecule has 0 spiro atoms. The van der Waals surface area contributed by atoms with Crippen molar-refractivity contribution in [2.45, 2.75) is 6.04 Å². The molecule has 1 rings (SSSR count). The monoisotopic (exact) mass is 162 g/mol.